The highest BCUT2D eigenvalue weighted by Crippen LogP contribution is 2.42. The summed E-state index contributed by atoms with van der Waals surface area (Å²) in [5.41, 5.74) is -0.371. The number of rotatable bonds is 4. The van der Waals surface area contributed by atoms with Crippen molar-refractivity contribution in [3.63, 3.8) is 0 Å². The molecule has 2 aliphatic rings. The molecule has 0 bridgehead atoms. The van der Waals surface area contributed by atoms with Gasteiger partial charge in [0.05, 0.1) is 5.60 Å². The van der Waals surface area contributed by atoms with Crippen LogP contribution in [0, 0.1) is 17.8 Å². The molecule has 2 fully saturated rings. The van der Waals surface area contributed by atoms with E-state index in [1.54, 1.807) is 0 Å². The maximum absolute atomic E-state index is 10.6. The van der Waals surface area contributed by atoms with Gasteiger partial charge in [-0.2, -0.15) is 0 Å². The zero-order valence-electron chi connectivity index (χ0n) is 11.0. The van der Waals surface area contributed by atoms with Gasteiger partial charge in [-0.15, -0.1) is 0 Å². The van der Waals surface area contributed by atoms with Gasteiger partial charge in [0.2, 0.25) is 0 Å². The summed E-state index contributed by atoms with van der Waals surface area (Å²) < 4.78 is 0. The molecular weight excluding hydrogens is 196 g/mol. The summed E-state index contributed by atoms with van der Waals surface area (Å²) >= 11 is 0. The first kappa shape index (κ1) is 12.4. The Morgan fingerprint density at radius 1 is 1.00 bits per heavy atom. The number of hydrogen-bond acceptors (Lipinski definition) is 1. The Hall–Kier alpha value is -0.0400. The van der Waals surface area contributed by atoms with Crippen LogP contribution in [0.25, 0.3) is 0 Å². The van der Waals surface area contributed by atoms with Crippen molar-refractivity contribution in [1.82, 2.24) is 0 Å². The van der Waals surface area contributed by atoms with E-state index in [1.165, 1.54) is 51.4 Å². The molecule has 1 heteroatoms. The molecule has 2 rings (SSSR count). The Balaban J connectivity index is 1.81. The topological polar surface area (TPSA) is 20.2 Å². The van der Waals surface area contributed by atoms with E-state index in [0.717, 1.165) is 18.3 Å². The van der Waals surface area contributed by atoms with Crippen molar-refractivity contribution in [1.29, 1.82) is 0 Å². The first-order chi connectivity index (χ1) is 7.62. The van der Waals surface area contributed by atoms with Crippen molar-refractivity contribution in [2.45, 2.75) is 77.2 Å². The highest BCUT2D eigenvalue weighted by atomic mass is 16.3. The largest absolute Gasteiger partial charge is 0.390 e. The predicted molar refractivity (Wildman–Crippen MR) is 68.3 cm³/mol. The molecule has 0 radical (unpaired) electrons. The van der Waals surface area contributed by atoms with E-state index in [-0.39, 0.29) is 5.60 Å². The van der Waals surface area contributed by atoms with Crippen LogP contribution in [-0.2, 0) is 0 Å². The molecule has 94 valence electrons. The Bertz CT molecular complexity index is 209. The van der Waals surface area contributed by atoms with Gasteiger partial charge in [0.25, 0.3) is 0 Å². The van der Waals surface area contributed by atoms with Crippen LogP contribution in [0.4, 0.5) is 0 Å². The molecule has 0 amide bonds. The van der Waals surface area contributed by atoms with Crippen molar-refractivity contribution in [3.05, 3.63) is 0 Å². The van der Waals surface area contributed by atoms with Gasteiger partial charge in [-0.05, 0) is 43.9 Å². The van der Waals surface area contributed by atoms with E-state index < -0.39 is 0 Å². The van der Waals surface area contributed by atoms with Gasteiger partial charge in [-0.25, -0.2) is 0 Å². The van der Waals surface area contributed by atoms with Crippen LogP contribution in [0.15, 0.2) is 0 Å². The summed E-state index contributed by atoms with van der Waals surface area (Å²) in [6.07, 6.45) is 11.7. The number of aliphatic hydroxyl groups is 1. The standard InChI is InChI=1S/C15H28O/c1-3-12-7-9-14(10-8-12)15(2,16)11-13-5-4-6-13/h12-14,16H,3-11H2,1-2H3. The molecule has 1 atom stereocenters. The maximum Gasteiger partial charge on any atom is 0.0650 e. The molecule has 1 unspecified atom stereocenters. The molecular formula is C15H28O. The van der Waals surface area contributed by atoms with E-state index in [2.05, 4.69) is 13.8 Å². The minimum Gasteiger partial charge on any atom is -0.390 e. The molecule has 1 nitrogen and oxygen atoms in total. The lowest BCUT2D eigenvalue weighted by Crippen LogP contribution is -2.40. The lowest BCUT2D eigenvalue weighted by Gasteiger charge is -2.41. The van der Waals surface area contributed by atoms with Crippen molar-refractivity contribution >= 4 is 0 Å². The van der Waals surface area contributed by atoms with E-state index in [9.17, 15) is 5.11 Å². The second kappa shape index (κ2) is 5.08. The van der Waals surface area contributed by atoms with Crippen LogP contribution >= 0.6 is 0 Å². The van der Waals surface area contributed by atoms with Gasteiger partial charge in [0.1, 0.15) is 0 Å². The zero-order valence-corrected chi connectivity index (χ0v) is 11.0. The Labute approximate surface area is 101 Å². The average Bonchev–Trinajstić information content (AvgIpc) is 2.24. The summed E-state index contributed by atoms with van der Waals surface area (Å²) in [7, 11) is 0. The predicted octanol–water partition coefficient (Wildman–Crippen LogP) is 4.14. The van der Waals surface area contributed by atoms with Crippen LogP contribution in [0.3, 0.4) is 0 Å². The molecule has 16 heavy (non-hydrogen) atoms. The SMILES string of the molecule is CCC1CCC(C(C)(O)CC2CCC2)CC1. The normalized spacial score (nSPS) is 35.4. The molecule has 2 aliphatic carbocycles. The fourth-order valence-corrected chi connectivity index (χ4v) is 3.64. The molecule has 0 spiro atoms. The van der Waals surface area contributed by atoms with Crippen molar-refractivity contribution in [3.8, 4) is 0 Å². The van der Waals surface area contributed by atoms with Crippen molar-refractivity contribution < 1.29 is 5.11 Å². The fourth-order valence-electron chi connectivity index (χ4n) is 3.64. The average molecular weight is 224 g/mol. The summed E-state index contributed by atoms with van der Waals surface area (Å²) in [6.45, 7) is 4.40. The molecule has 2 saturated carbocycles. The van der Waals surface area contributed by atoms with Crippen LogP contribution in [0.1, 0.15) is 71.6 Å². The maximum atomic E-state index is 10.6. The van der Waals surface area contributed by atoms with Crippen LogP contribution in [0.2, 0.25) is 0 Å². The minimum absolute atomic E-state index is 0.371. The van der Waals surface area contributed by atoms with Gasteiger partial charge in [-0.1, -0.05) is 45.4 Å². The van der Waals surface area contributed by atoms with Gasteiger partial charge in [0, 0.05) is 0 Å². The number of hydrogen-bond donors (Lipinski definition) is 1. The van der Waals surface area contributed by atoms with Gasteiger partial charge < -0.3 is 5.11 Å². The summed E-state index contributed by atoms with van der Waals surface area (Å²) in [6, 6.07) is 0. The highest BCUT2D eigenvalue weighted by Gasteiger charge is 2.37. The smallest absolute Gasteiger partial charge is 0.0650 e. The monoisotopic (exact) mass is 224 g/mol. The third kappa shape index (κ3) is 2.80. The lowest BCUT2D eigenvalue weighted by molar-refractivity contribution is -0.0491. The molecule has 0 saturated heterocycles. The van der Waals surface area contributed by atoms with Crippen molar-refractivity contribution in [2.24, 2.45) is 17.8 Å². The lowest BCUT2D eigenvalue weighted by atomic mass is 9.68. The van der Waals surface area contributed by atoms with E-state index in [0.29, 0.717) is 5.92 Å². The quantitative estimate of drug-likeness (QED) is 0.760. The molecule has 0 aromatic rings. The molecule has 0 aromatic heterocycles. The second-order valence-electron chi connectivity index (χ2n) is 6.48. The van der Waals surface area contributed by atoms with E-state index in [1.807, 2.05) is 0 Å². The highest BCUT2D eigenvalue weighted by molar-refractivity contribution is 4.89. The molecule has 1 N–H and O–H groups in total. The summed E-state index contributed by atoms with van der Waals surface area (Å²) in [5, 5.41) is 10.6. The van der Waals surface area contributed by atoms with Crippen LogP contribution in [-0.4, -0.2) is 10.7 Å². The van der Waals surface area contributed by atoms with Gasteiger partial charge >= 0.3 is 0 Å². The zero-order chi connectivity index (χ0) is 11.6. The third-order valence-corrected chi connectivity index (χ3v) is 5.23. The van der Waals surface area contributed by atoms with Gasteiger partial charge in [0.15, 0.2) is 0 Å². The first-order valence-electron chi connectivity index (χ1n) is 7.34. The van der Waals surface area contributed by atoms with Crippen molar-refractivity contribution in [2.75, 3.05) is 0 Å². The molecule has 0 aliphatic heterocycles. The molecule has 0 aromatic carbocycles. The second-order valence-corrected chi connectivity index (χ2v) is 6.48. The van der Waals surface area contributed by atoms with Crippen LogP contribution < -0.4 is 0 Å². The summed E-state index contributed by atoms with van der Waals surface area (Å²) in [4.78, 5) is 0. The van der Waals surface area contributed by atoms with E-state index in [4.69, 9.17) is 0 Å². The van der Waals surface area contributed by atoms with Crippen LogP contribution in [0.5, 0.6) is 0 Å². The Kier molecular flexibility index (Phi) is 3.94. The third-order valence-electron chi connectivity index (χ3n) is 5.23. The minimum atomic E-state index is -0.371. The van der Waals surface area contributed by atoms with Gasteiger partial charge in [-0.3, -0.25) is 0 Å². The summed E-state index contributed by atoms with van der Waals surface area (Å²) in [5.74, 6) is 2.35. The Morgan fingerprint density at radius 3 is 2.06 bits per heavy atom. The molecule has 0 heterocycles. The fraction of sp³-hybridized carbons (Fsp3) is 1.00. The first-order valence-corrected chi connectivity index (χ1v) is 7.34. The van der Waals surface area contributed by atoms with E-state index >= 15 is 0 Å². The Morgan fingerprint density at radius 2 is 1.62 bits per heavy atom.